The largest absolute Gasteiger partial charge is 0.356 e. The van der Waals surface area contributed by atoms with Crippen LogP contribution in [0.15, 0.2) is 16.6 Å². The predicted molar refractivity (Wildman–Crippen MR) is 77.1 cm³/mol. The van der Waals surface area contributed by atoms with Gasteiger partial charge in [-0.1, -0.05) is 22.9 Å². The summed E-state index contributed by atoms with van der Waals surface area (Å²) < 4.78 is 14.6. The molecular weight excluding hydrogens is 293 g/mol. The van der Waals surface area contributed by atoms with E-state index in [9.17, 15) is 4.39 Å². The first-order valence-corrected chi connectivity index (χ1v) is 6.88. The van der Waals surface area contributed by atoms with Crippen molar-refractivity contribution in [1.82, 2.24) is 4.98 Å². The average molecular weight is 308 g/mol. The molecule has 0 spiro atoms. The van der Waals surface area contributed by atoms with Crippen LogP contribution in [0.4, 0.5) is 4.39 Å². The molecule has 1 aromatic carbocycles. The molecule has 3 heteroatoms. The Morgan fingerprint density at radius 3 is 2.89 bits per heavy atom. The molecule has 0 fully saturated rings. The summed E-state index contributed by atoms with van der Waals surface area (Å²) in [5.41, 5.74) is 2.91. The Labute approximate surface area is 115 Å². The Bertz CT molecular complexity index is 607. The maximum Gasteiger partial charge on any atom is 0.148 e. The number of nitrogens with one attached hydrogen (secondary N) is 1. The molecule has 2 rings (SSSR count). The molecule has 0 atom stereocenters. The molecule has 0 aliphatic heterocycles. The molecule has 0 radical (unpaired) electrons. The molecule has 94 valence electrons. The Kier molecular flexibility index (Phi) is 4.08. The summed E-state index contributed by atoms with van der Waals surface area (Å²) in [6, 6.07) is 3.46. The first-order chi connectivity index (χ1) is 8.67. The summed E-state index contributed by atoms with van der Waals surface area (Å²) in [7, 11) is 0. The quantitative estimate of drug-likeness (QED) is 0.628. The van der Waals surface area contributed by atoms with Gasteiger partial charge in [-0.05, 0) is 37.0 Å². The molecule has 18 heavy (non-hydrogen) atoms. The lowest BCUT2D eigenvalue weighted by atomic mass is 10.0. The van der Waals surface area contributed by atoms with Crippen molar-refractivity contribution in [3.05, 3.63) is 33.7 Å². The number of benzene rings is 1. The molecule has 0 unspecified atom stereocenters. The van der Waals surface area contributed by atoms with Gasteiger partial charge in [0.15, 0.2) is 0 Å². The summed E-state index contributed by atoms with van der Waals surface area (Å²) in [4.78, 5) is 3.21. The normalized spacial score (nSPS) is 10.8. The second kappa shape index (κ2) is 5.58. The molecule has 1 nitrogen and oxygen atoms in total. The predicted octanol–water partition coefficient (Wildman–Crippen LogP) is 4.59. The zero-order chi connectivity index (χ0) is 13.1. The number of halogens is 2. The first-order valence-electron chi connectivity index (χ1n) is 6.09. The van der Waals surface area contributed by atoms with Crippen molar-refractivity contribution < 1.29 is 4.39 Å². The number of unbranched alkanes of at least 4 members (excludes halogenated alkanes) is 1. The van der Waals surface area contributed by atoms with Crippen molar-refractivity contribution in [2.45, 2.75) is 32.6 Å². The third kappa shape index (κ3) is 2.44. The van der Waals surface area contributed by atoms with Crippen LogP contribution in [0.1, 0.15) is 31.0 Å². The minimum absolute atomic E-state index is 0.211. The molecule has 1 heterocycles. The van der Waals surface area contributed by atoms with E-state index in [4.69, 9.17) is 6.42 Å². The van der Waals surface area contributed by atoms with Crippen molar-refractivity contribution in [1.29, 1.82) is 0 Å². The summed E-state index contributed by atoms with van der Waals surface area (Å²) in [5, 5.41) is 0.972. The van der Waals surface area contributed by atoms with Gasteiger partial charge in [-0.25, -0.2) is 4.39 Å². The molecule has 2 aromatic rings. The van der Waals surface area contributed by atoms with Gasteiger partial charge in [0.1, 0.15) is 5.82 Å². The van der Waals surface area contributed by atoms with Crippen LogP contribution in [0.5, 0.6) is 0 Å². The molecule has 1 N–H and O–H groups in total. The number of rotatable bonds is 4. The number of fused-ring (bicyclic) bond motifs is 1. The Morgan fingerprint density at radius 2 is 2.22 bits per heavy atom. The van der Waals surface area contributed by atoms with Crippen LogP contribution in [-0.4, -0.2) is 4.98 Å². The molecule has 0 aliphatic carbocycles. The standard InChI is InChI=1S/C15H15BrFN/c1-3-5-6-7-14-11(4-2)12-8-10(16)9-13(17)15(12)18-14/h1,8-9,18H,4-7H2,2H3. The molecule has 1 aromatic heterocycles. The number of H-pyrrole nitrogens is 1. The monoisotopic (exact) mass is 307 g/mol. The van der Waals surface area contributed by atoms with E-state index in [-0.39, 0.29) is 5.82 Å². The van der Waals surface area contributed by atoms with E-state index >= 15 is 0 Å². The van der Waals surface area contributed by atoms with E-state index in [2.05, 4.69) is 33.8 Å². The van der Waals surface area contributed by atoms with Gasteiger partial charge in [-0.15, -0.1) is 12.3 Å². The van der Waals surface area contributed by atoms with Crippen LogP contribution >= 0.6 is 15.9 Å². The molecular formula is C15H15BrFN. The highest BCUT2D eigenvalue weighted by Crippen LogP contribution is 2.29. The van der Waals surface area contributed by atoms with E-state index in [1.165, 1.54) is 11.6 Å². The number of aromatic amines is 1. The Balaban J connectivity index is 2.48. The molecule has 0 bridgehead atoms. The first kappa shape index (κ1) is 13.2. The highest BCUT2D eigenvalue weighted by Gasteiger charge is 2.13. The third-order valence-electron chi connectivity index (χ3n) is 3.12. The lowest BCUT2D eigenvalue weighted by Crippen LogP contribution is -1.90. The zero-order valence-corrected chi connectivity index (χ0v) is 11.9. The van der Waals surface area contributed by atoms with Crippen LogP contribution in [0.25, 0.3) is 10.9 Å². The van der Waals surface area contributed by atoms with Gasteiger partial charge >= 0.3 is 0 Å². The second-order valence-electron chi connectivity index (χ2n) is 4.30. The zero-order valence-electron chi connectivity index (χ0n) is 10.3. The lowest BCUT2D eigenvalue weighted by molar-refractivity contribution is 0.636. The lowest BCUT2D eigenvalue weighted by Gasteiger charge is -2.00. The van der Waals surface area contributed by atoms with Gasteiger partial charge in [-0.2, -0.15) is 0 Å². The molecule has 0 amide bonds. The Morgan fingerprint density at radius 1 is 1.44 bits per heavy atom. The summed E-state index contributed by atoms with van der Waals surface area (Å²) >= 11 is 3.34. The van der Waals surface area contributed by atoms with Gasteiger partial charge in [0, 0.05) is 22.0 Å². The highest BCUT2D eigenvalue weighted by atomic mass is 79.9. The van der Waals surface area contributed by atoms with Gasteiger partial charge in [-0.3, -0.25) is 0 Å². The molecule has 0 aliphatic rings. The van der Waals surface area contributed by atoms with E-state index in [1.807, 2.05) is 6.07 Å². The number of aryl methyl sites for hydroxylation is 2. The van der Waals surface area contributed by atoms with Crippen molar-refractivity contribution in [3.63, 3.8) is 0 Å². The van der Waals surface area contributed by atoms with Crippen molar-refractivity contribution in [3.8, 4) is 12.3 Å². The van der Waals surface area contributed by atoms with Crippen LogP contribution in [0, 0.1) is 18.2 Å². The second-order valence-corrected chi connectivity index (χ2v) is 5.22. The van der Waals surface area contributed by atoms with Crippen molar-refractivity contribution in [2.75, 3.05) is 0 Å². The van der Waals surface area contributed by atoms with Gasteiger partial charge < -0.3 is 4.98 Å². The summed E-state index contributed by atoms with van der Waals surface area (Å²) in [6.07, 6.45) is 8.70. The van der Waals surface area contributed by atoms with E-state index in [0.717, 1.165) is 41.2 Å². The van der Waals surface area contributed by atoms with Gasteiger partial charge in [0.05, 0.1) is 5.52 Å². The number of hydrogen-bond donors (Lipinski definition) is 1. The number of hydrogen-bond acceptors (Lipinski definition) is 0. The van der Waals surface area contributed by atoms with Crippen LogP contribution < -0.4 is 0 Å². The fourth-order valence-electron chi connectivity index (χ4n) is 2.31. The van der Waals surface area contributed by atoms with Crippen LogP contribution in [0.2, 0.25) is 0 Å². The van der Waals surface area contributed by atoms with E-state index in [0.29, 0.717) is 5.52 Å². The maximum absolute atomic E-state index is 13.9. The number of terminal acetylenes is 1. The average Bonchev–Trinajstić information content (AvgIpc) is 2.67. The number of aromatic nitrogens is 1. The smallest absolute Gasteiger partial charge is 0.148 e. The minimum Gasteiger partial charge on any atom is -0.356 e. The summed E-state index contributed by atoms with van der Waals surface area (Å²) in [6.45, 7) is 2.09. The third-order valence-corrected chi connectivity index (χ3v) is 3.58. The van der Waals surface area contributed by atoms with Gasteiger partial charge in [0.25, 0.3) is 0 Å². The van der Waals surface area contributed by atoms with Crippen molar-refractivity contribution >= 4 is 26.8 Å². The fourth-order valence-corrected chi connectivity index (χ4v) is 2.74. The topological polar surface area (TPSA) is 15.8 Å². The summed E-state index contributed by atoms with van der Waals surface area (Å²) in [5.74, 6) is 2.42. The Hall–Kier alpha value is -1.27. The van der Waals surface area contributed by atoms with E-state index < -0.39 is 0 Å². The molecule has 0 saturated heterocycles. The minimum atomic E-state index is -0.211. The van der Waals surface area contributed by atoms with Crippen LogP contribution in [0.3, 0.4) is 0 Å². The van der Waals surface area contributed by atoms with Gasteiger partial charge in [0.2, 0.25) is 0 Å². The molecule has 0 saturated carbocycles. The van der Waals surface area contributed by atoms with Crippen molar-refractivity contribution in [2.24, 2.45) is 0 Å². The highest BCUT2D eigenvalue weighted by molar-refractivity contribution is 9.10. The SMILES string of the molecule is C#CCCCc1[nH]c2c(F)cc(Br)cc2c1CC. The maximum atomic E-state index is 13.9. The fraction of sp³-hybridized carbons (Fsp3) is 0.333. The van der Waals surface area contributed by atoms with Crippen LogP contribution in [-0.2, 0) is 12.8 Å². The van der Waals surface area contributed by atoms with E-state index in [1.54, 1.807) is 0 Å².